The molecule has 0 bridgehead atoms. The van der Waals surface area contributed by atoms with Gasteiger partial charge in [0, 0.05) is 31.1 Å². The first-order chi connectivity index (χ1) is 13.4. The summed E-state index contributed by atoms with van der Waals surface area (Å²) in [7, 11) is -3.60. The molecule has 0 aliphatic carbocycles. The Morgan fingerprint density at radius 3 is 2.38 bits per heavy atom. The molecule has 0 unspecified atom stereocenters. The zero-order valence-corrected chi connectivity index (χ0v) is 17.4. The van der Waals surface area contributed by atoms with Gasteiger partial charge >= 0.3 is 0 Å². The number of hydrogen-bond donors (Lipinski definition) is 1. The zero-order chi connectivity index (χ0) is 22.0. The van der Waals surface area contributed by atoms with E-state index in [9.17, 15) is 26.8 Å². The maximum absolute atomic E-state index is 14.9. The third kappa shape index (κ3) is 5.28. The minimum Gasteiger partial charge on any atom is -0.368 e. The largest absolute Gasteiger partial charge is 0.368 e. The second kappa shape index (κ2) is 8.72. The van der Waals surface area contributed by atoms with Crippen molar-refractivity contribution in [3.05, 3.63) is 34.9 Å². The topological polar surface area (TPSA) is 110 Å². The van der Waals surface area contributed by atoms with Gasteiger partial charge in [0.05, 0.1) is 19.3 Å². The summed E-state index contributed by atoms with van der Waals surface area (Å²) in [6.07, 6.45) is 1.52. The SMILES string of the molecule is CCCN(Cc1cc(F)c(C2(OCC(N)=O)CN(C(C)=O)C2)cc1F)S(C)(=O)=O. The van der Waals surface area contributed by atoms with Crippen LogP contribution in [0.2, 0.25) is 0 Å². The maximum atomic E-state index is 14.9. The summed E-state index contributed by atoms with van der Waals surface area (Å²) in [5.74, 6) is -2.69. The van der Waals surface area contributed by atoms with Crippen LogP contribution in [0, 0.1) is 11.6 Å². The number of rotatable bonds is 9. The number of carbonyl (C=O) groups is 2. The highest BCUT2D eigenvalue weighted by molar-refractivity contribution is 7.88. The van der Waals surface area contributed by atoms with Crippen molar-refractivity contribution in [2.24, 2.45) is 5.73 Å². The molecular weight excluding hydrogens is 408 g/mol. The van der Waals surface area contributed by atoms with E-state index in [1.165, 1.54) is 11.8 Å². The van der Waals surface area contributed by atoms with Crippen LogP contribution in [0.15, 0.2) is 12.1 Å². The summed E-state index contributed by atoms with van der Waals surface area (Å²) in [5, 5.41) is 0. The van der Waals surface area contributed by atoms with Gasteiger partial charge in [-0.25, -0.2) is 17.2 Å². The Labute approximate surface area is 168 Å². The Hall–Kier alpha value is -2.11. The van der Waals surface area contributed by atoms with Crippen LogP contribution < -0.4 is 5.73 Å². The predicted octanol–water partition coefficient (Wildman–Crippen LogP) is 0.696. The van der Waals surface area contributed by atoms with Gasteiger partial charge in [-0.2, -0.15) is 4.31 Å². The lowest BCUT2D eigenvalue weighted by molar-refractivity contribution is -0.174. The van der Waals surface area contributed by atoms with Gasteiger partial charge in [0.15, 0.2) is 0 Å². The first kappa shape index (κ1) is 23.2. The first-order valence-corrected chi connectivity index (χ1v) is 10.9. The molecule has 0 saturated carbocycles. The molecule has 1 aliphatic heterocycles. The number of likely N-dealkylation sites (tertiary alicyclic amines) is 1. The highest BCUT2D eigenvalue weighted by Crippen LogP contribution is 2.38. The summed E-state index contributed by atoms with van der Waals surface area (Å²) in [6.45, 7) is 2.31. The smallest absolute Gasteiger partial charge is 0.243 e. The Bertz CT molecular complexity index is 895. The van der Waals surface area contributed by atoms with Crippen molar-refractivity contribution < 1.29 is 31.5 Å². The molecule has 11 heteroatoms. The van der Waals surface area contributed by atoms with E-state index < -0.39 is 39.8 Å². The van der Waals surface area contributed by atoms with Crippen LogP contribution in [0.1, 0.15) is 31.4 Å². The summed E-state index contributed by atoms with van der Waals surface area (Å²) < 4.78 is 59.9. The Morgan fingerprint density at radius 2 is 1.90 bits per heavy atom. The summed E-state index contributed by atoms with van der Waals surface area (Å²) in [5.41, 5.74) is 3.41. The van der Waals surface area contributed by atoms with Crippen LogP contribution >= 0.6 is 0 Å². The van der Waals surface area contributed by atoms with Gasteiger partial charge in [-0.1, -0.05) is 6.92 Å². The molecule has 162 valence electrons. The molecule has 1 heterocycles. The molecule has 2 N–H and O–H groups in total. The molecule has 1 aliphatic rings. The van der Waals surface area contributed by atoms with E-state index in [0.29, 0.717) is 6.42 Å². The number of nitrogens with two attached hydrogens (primary N) is 1. The van der Waals surface area contributed by atoms with Gasteiger partial charge in [0.1, 0.15) is 23.8 Å². The van der Waals surface area contributed by atoms with Gasteiger partial charge in [-0.15, -0.1) is 0 Å². The Balaban J connectivity index is 2.37. The van der Waals surface area contributed by atoms with E-state index in [2.05, 4.69) is 0 Å². The van der Waals surface area contributed by atoms with E-state index >= 15 is 0 Å². The summed E-state index contributed by atoms with van der Waals surface area (Å²) in [6, 6.07) is 1.85. The Kier molecular flexibility index (Phi) is 6.97. The van der Waals surface area contributed by atoms with Gasteiger partial charge < -0.3 is 15.4 Å². The maximum Gasteiger partial charge on any atom is 0.243 e. The van der Waals surface area contributed by atoms with E-state index in [-0.39, 0.29) is 43.2 Å². The van der Waals surface area contributed by atoms with E-state index in [4.69, 9.17) is 10.5 Å². The highest BCUT2D eigenvalue weighted by Gasteiger charge is 2.49. The molecule has 0 aromatic heterocycles. The molecule has 2 rings (SSSR count). The van der Waals surface area contributed by atoms with E-state index in [1.54, 1.807) is 6.92 Å². The van der Waals surface area contributed by atoms with Crippen molar-refractivity contribution in [2.45, 2.75) is 32.4 Å². The van der Waals surface area contributed by atoms with Crippen molar-refractivity contribution in [2.75, 3.05) is 32.5 Å². The number of primary amides is 1. The molecule has 0 atom stereocenters. The average molecular weight is 433 g/mol. The first-order valence-electron chi connectivity index (χ1n) is 9.01. The molecule has 29 heavy (non-hydrogen) atoms. The van der Waals surface area contributed by atoms with E-state index in [0.717, 1.165) is 22.7 Å². The van der Waals surface area contributed by atoms with Crippen molar-refractivity contribution in [1.82, 2.24) is 9.21 Å². The fraction of sp³-hybridized carbons (Fsp3) is 0.556. The lowest BCUT2D eigenvalue weighted by Crippen LogP contribution is -2.63. The molecule has 8 nitrogen and oxygen atoms in total. The minimum atomic E-state index is -3.60. The third-order valence-electron chi connectivity index (χ3n) is 4.74. The number of benzene rings is 1. The zero-order valence-electron chi connectivity index (χ0n) is 16.6. The summed E-state index contributed by atoms with van der Waals surface area (Å²) >= 11 is 0. The van der Waals surface area contributed by atoms with Gasteiger partial charge in [0.2, 0.25) is 21.8 Å². The number of ether oxygens (including phenoxy) is 1. The van der Waals surface area contributed by atoms with Gasteiger partial charge in [0.25, 0.3) is 0 Å². The van der Waals surface area contributed by atoms with Crippen molar-refractivity contribution in [3.8, 4) is 0 Å². The van der Waals surface area contributed by atoms with Crippen LogP contribution in [0.4, 0.5) is 8.78 Å². The lowest BCUT2D eigenvalue weighted by atomic mass is 9.84. The Morgan fingerprint density at radius 1 is 1.28 bits per heavy atom. The van der Waals surface area contributed by atoms with Gasteiger partial charge in [-0.3, -0.25) is 9.59 Å². The molecule has 2 amide bonds. The predicted molar refractivity (Wildman–Crippen MR) is 101 cm³/mol. The molecule has 1 fully saturated rings. The quantitative estimate of drug-likeness (QED) is 0.616. The minimum absolute atomic E-state index is 0.0589. The van der Waals surface area contributed by atoms with E-state index in [1.807, 2.05) is 0 Å². The normalized spacial score (nSPS) is 16.0. The number of halogens is 2. The lowest BCUT2D eigenvalue weighted by Gasteiger charge is -2.49. The van der Waals surface area contributed by atoms with Crippen LogP contribution in [0.3, 0.4) is 0 Å². The summed E-state index contributed by atoms with van der Waals surface area (Å²) in [4.78, 5) is 24.0. The standard InChI is InChI=1S/C18H25F2N3O5S/c1-4-5-23(29(3,26)27)8-13-6-16(20)14(7-15(13)19)18(28-9-17(21)25)10-22(11-18)12(2)24/h6-7H,4-5,8-11H2,1-3H3,(H2,21,25). The molecule has 1 aromatic carbocycles. The number of hydrogen-bond acceptors (Lipinski definition) is 5. The van der Waals surface area contributed by atoms with Crippen LogP contribution in [0.25, 0.3) is 0 Å². The van der Waals surface area contributed by atoms with Crippen molar-refractivity contribution >= 4 is 21.8 Å². The second-order valence-corrected chi connectivity index (χ2v) is 9.13. The fourth-order valence-electron chi connectivity index (χ4n) is 3.20. The van der Waals surface area contributed by atoms with Crippen LogP contribution in [0.5, 0.6) is 0 Å². The fourth-order valence-corrected chi connectivity index (χ4v) is 4.09. The number of nitrogens with zero attached hydrogens (tertiary/aromatic N) is 2. The van der Waals surface area contributed by atoms with Crippen molar-refractivity contribution in [3.63, 3.8) is 0 Å². The van der Waals surface area contributed by atoms with Crippen LogP contribution in [-0.2, 0) is 36.5 Å². The average Bonchev–Trinajstić information content (AvgIpc) is 2.55. The monoisotopic (exact) mass is 433 g/mol. The number of carbonyl (C=O) groups excluding carboxylic acids is 2. The molecule has 0 radical (unpaired) electrons. The second-order valence-electron chi connectivity index (χ2n) is 7.14. The van der Waals surface area contributed by atoms with Gasteiger partial charge in [-0.05, 0) is 18.6 Å². The third-order valence-corrected chi connectivity index (χ3v) is 5.99. The molecule has 0 spiro atoms. The molecular formula is C18H25F2N3O5S. The number of amides is 2. The highest BCUT2D eigenvalue weighted by atomic mass is 32.2. The molecule has 1 aromatic rings. The van der Waals surface area contributed by atoms with Crippen LogP contribution in [-0.4, -0.2) is 61.9 Å². The van der Waals surface area contributed by atoms with Crippen molar-refractivity contribution in [1.29, 1.82) is 0 Å². The number of sulfonamides is 1. The molecule has 1 saturated heterocycles.